The van der Waals surface area contributed by atoms with Gasteiger partial charge in [0.2, 0.25) is 0 Å². The van der Waals surface area contributed by atoms with Crippen LogP contribution in [0.3, 0.4) is 0 Å². The number of ether oxygens (including phenoxy) is 3. The molecular formula is C23H23NO5. The summed E-state index contributed by atoms with van der Waals surface area (Å²) in [6.45, 7) is 2.89. The fourth-order valence-electron chi connectivity index (χ4n) is 4.17. The summed E-state index contributed by atoms with van der Waals surface area (Å²) in [5.41, 5.74) is 6.32. The molecular weight excluding hydrogens is 370 g/mol. The number of methoxy groups -OCH3 is 3. The fourth-order valence-corrected chi connectivity index (χ4v) is 4.17. The van der Waals surface area contributed by atoms with Crippen LogP contribution in [0.2, 0.25) is 0 Å². The van der Waals surface area contributed by atoms with Crippen LogP contribution >= 0.6 is 0 Å². The van der Waals surface area contributed by atoms with E-state index >= 15 is 0 Å². The second-order valence-electron chi connectivity index (χ2n) is 6.99. The maximum Gasteiger partial charge on any atom is 0.339 e. The van der Waals surface area contributed by atoms with Crippen LogP contribution in [0.1, 0.15) is 21.6 Å². The lowest BCUT2D eigenvalue weighted by Crippen LogP contribution is -2.12. The van der Waals surface area contributed by atoms with Crippen molar-refractivity contribution in [1.82, 2.24) is 4.57 Å². The van der Waals surface area contributed by atoms with Crippen molar-refractivity contribution in [3.05, 3.63) is 53.2 Å². The highest BCUT2D eigenvalue weighted by molar-refractivity contribution is 5.95. The van der Waals surface area contributed by atoms with Gasteiger partial charge in [-0.25, -0.2) is 4.79 Å². The van der Waals surface area contributed by atoms with Gasteiger partial charge in [0.25, 0.3) is 0 Å². The largest absolute Gasteiger partial charge is 0.495 e. The van der Waals surface area contributed by atoms with Crippen molar-refractivity contribution in [1.29, 1.82) is 0 Å². The van der Waals surface area contributed by atoms with E-state index in [0.29, 0.717) is 11.5 Å². The van der Waals surface area contributed by atoms with E-state index in [0.717, 1.165) is 46.8 Å². The number of hydrogen-bond acceptors (Lipinski definition) is 4. The zero-order chi connectivity index (χ0) is 20.7. The zero-order valence-electron chi connectivity index (χ0n) is 16.9. The van der Waals surface area contributed by atoms with E-state index < -0.39 is 5.97 Å². The molecule has 1 aliphatic rings. The van der Waals surface area contributed by atoms with Gasteiger partial charge in [0.05, 0.1) is 21.3 Å². The predicted molar refractivity (Wildman–Crippen MR) is 110 cm³/mol. The third kappa shape index (κ3) is 2.92. The Kier molecular flexibility index (Phi) is 4.70. The molecule has 0 saturated heterocycles. The molecule has 0 saturated carbocycles. The van der Waals surface area contributed by atoms with Crippen LogP contribution in [0.5, 0.6) is 17.2 Å². The number of rotatable bonds is 5. The zero-order valence-corrected chi connectivity index (χ0v) is 16.9. The highest BCUT2D eigenvalue weighted by Crippen LogP contribution is 2.44. The molecule has 0 radical (unpaired) electrons. The number of aromatic nitrogens is 1. The molecule has 1 aromatic heterocycles. The summed E-state index contributed by atoms with van der Waals surface area (Å²) in [5.74, 6) is 0.774. The second-order valence-corrected chi connectivity index (χ2v) is 6.99. The molecule has 6 nitrogen and oxygen atoms in total. The number of aromatic carboxylic acids is 1. The molecule has 0 unspecified atom stereocenters. The second kappa shape index (κ2) is 7.20. The summed E-state index contributed by atoms with van der Waals surface area (Å²) in [5, 5.41) is 9.53. The lowest BCUT2D eigenvalue weighted by atomic mass is 9.97. The van der Waals surface area contributed by atoms with E-state index in [4.69, 9.17) is 14.2 Å². The van der Waals surface area contributed by atoms with Gasteiger partial charge >= 0.3 is 5.97 Å². The number of para-hydroxylation sites is 1. The lowest BCUT2D eigenvalue weighted by Gasteiger charge is -2.22. The standard InChI is InChI=1S/C23H23NO5/c1-13-17(15-6-5-7-16(23(25)26)22(15)29-4)11-19-18-12-21(28-3)20(27-2)10-14(18)8-9-24(13)19/h5-7,10-12H,8-9H2,1-4H3,(H,25,26). The molecule has 3 aromatic rings. The van der Waals surface area contributed by atoms with Crippen molar-refractivity contribution in [2.24, 2.45) is 0 Å². The summed E-state index contributed by atoms with van der Waals surface area (Å²) in [6, 6.07) is 11.3. The highest BCUT2D eigenvalue weighted by Gasteiger charge is 2.25. The number of carboxylic acid groups (broad SMARTS) is 1. The number of carboxylic acids is 1. The Morgan fingerprint density at radius 3 is 2.34 bits per heavy atom. The Labute approximate surface area is 169 Å². The molecule has 0 aliphatic carbocycles. The van der Waals surface area contributed by atoms with Crippen LogP contribution in [-0.2, 0) is 13.0 Å². The molecule has 2 heterocycles. The summed E-state index contributed by atoms with van der Waals surface area (Å²) in [6.07, 6.45) is 0.879. The molecule has 6 heteroatoms. The Morgan fingerprint density at radius 2 is 1.69 bits per heavy atom. The first-order valence-corrected chi connectivity index (χ1v) is 9.36. The van der Waals surface area contributed by atoms with Crippen molar-refractivity contribution >= 4 is 5.97 Å². The van der Waals surface area contributed by atoms with Crippen LogP contribution in [0.25, 0.3) is 22.4 Å². The third-order valence-corrected chi connectivity index (χ3v) is 5.60. The maximum atomic E-state index is 11.6. The fraction of sp³-hybridized carbons (Fsp3) is 0.261. The first-order chi connectivity index (χ1) is 14.0. The van der Waals surface area contributed by atoms with E-state index in [-0.39, 0.29) is 5.56 Å². The molecule has 1 aliphatic heterocycles. The average molecular weight is 393 g/mol. The number of aryl methyl sites for hydroxylation is 1. The molecule has 4 rings (SSSR count). The molecule has 1 N–H and O–H groups in total. The molecule has 0 spiro atoms. The smallest absolute Gasteiger partial charge is 0.339 e. The van der Waals surface area contributed by atoms with E-state index in [1.165, 1.54) is 12.7 Å². The third-order valence-electron chi connectivity index (χ3n) is 5.60. The molecule has 0 bridgehead atoms. The van der Waals surface area contributed by atoms with Crippen LogP contribution in [0, 0.1) is 6.92 Å². The minimum atomic E-state index is -1.01. The van der Waals surface area contributed by atoms with Gasteiger partial charge in [-0.05, 0) is 43.2 Å². The summed E-state index contributed by atoms with van der Waals surface area (Å²) < 4.78 is 18.7. The van der Waals surface area contributed by atoms with Crippen LogP contribution in [0.15, 0.2) is 36.4 Å². The van der Waals surface area contributed by atoms with Crippen molar-refractivity contribution in [3.63, 3.8) is 0 Å². The number of fused-ring (bicyclic) bond motifs is 3. The summed E-state index contributed by atoms with van der Waals surface area (Å²) in [7, 11) is 4.77. The minimum absolute atomic E-state index is 0.153. The topological polar surface area (TPSA) is 69.9 Å². The Hall–Kier alpha value is -3.41. The predicted octanol–water partition coefficient (Wildman–Crippen LogP) is 4.41. The van der Waals surface area contributed by atoms with Crippen LogP contribution in [-0.4, -0.2) is 37.0 Å². The van der Waals surface area contributed by atoms with Gasteiger partial charge in [0.15, 0.2) is 11.5 Å². The maximum absolute atomic E-state index is 11.6. The average Bonchev–Trinajstić information content (AvgIpc) is 3.08. The molecule has 0 fully saturated rings. The van der Waals surface area contributed by atoms with Crippen LogP contribution < -0.4 is 14.2 Å². The Morgan fingerprint density at radius 1 is 0.966 bits per heavy atom. The van der Waals surface area contributed by atoms with Crippen molar-refractivity contribution in [2.75, 3.05) is 21.3 Å². The molecule has 29 heavy (non-hydrogen) atoms. The van der Waals surface area contributed by atoms with Gasteiger partial charge < -0.3 is 23.9 Å². The first kappa shape index (κ1) is 18.9. The normalized spacial score (nSPS) is 12.1. The monoisotopic (exact) mass is 393 g/mol. The Balaban J connectivity index is 1.92. The van der Waals surface area contributed by atoms with Crippen molar-refractivity contribution in [3.8, 4) is 39.6 Å². The van der Waals surface area contributed by atoms with Crippen molar-refractivity contribution in [2.45, 2.75) is 19.9 Å². The van der Waals surface area contributed by atoms with Crippen LogP contribution in [0.4, 0.5) is 0 Å². The SMILES string of the molecule is COc1cc2c(cc1OC)-c1cc(-c3cccc(C(=O)O)c3OC)c(C)n1CC2. The number of hydrogen-bond donors (Lipinski definition) is 1. The van der Waals surface area contributed by atoms with Gasteiger partial charge in [-0.3, -0.25) is 0 Å². The van der Waals surface area contributed by atoms with Crippen molar-refractivity contribution < 1.29 is 24.1 Å². The van der Waals surface area contributed by atoms with E-state index in [1.807, 2.05) is 18.2 Å². The lowest BCUT2D eigenvalue weighted by molar-refractivity contribution is 0.0693. The van der Waals surface area contributed by atoms with Gasteiger partial charge in [-0.15, -0.1) is 0 Å². The minimum Gasteiger partial charge on any atom is -0.495 e. The van der Waals surface area contributed by atoms with Gasteiger partial charge in [-0.1, -0.05) is 12.1 Å². The molecule has 0 atom stereocenters. The van der Waals surface area contributed by atoms with E-state index in [1.54, 1.807) is 26.4 Å². The molecule has 0 amide bonds. The molecule has 150 valence electrons. The number of benzene rings is 2. The van der Waals surface area contributed by atoms with E-state index in [2.05, 4.69) is 17.6 Å². The van der Waals surface area contributed by atoms with Gasteiger partial charge in [0.1, 0.15) is 11.3 Å². The van der Waals surface area contributed by atoms with Gasteiger partial charge in [-0.2, -0.15) is 0 Å². The Bertz CT molecular complexity index is 1110. The first-order valence-electron chi connectivity index (χ1n) is 9.36. The van der Waals surface area contributed by atoms with E-state index in [9.17, 15) is 9.90 Å². The number of carbonyl (C=O) groups is 1. The number of nitrogens with zero attached hydrogens (tertiary/aromatic N) is 1. The summed E-state index contributed by atoms with van der Waals surface area (Å²) >= 11 is 0. The summed E-state index contributed by atoms with van der Waals surface area (Å²) in [4.78, 5) is 11.6. The quantitative estimate of drug-likeness (QED) is 0.695. The highest BCUT2D eigenvalue weighted by atomic mass is 16.5. The molecule has 2 aromatic carbocycles. The van der Waals surface area contributed by atoms with Gasteiger partial charge in [0, 0.05) is 34.6 Å².